The second-order valence-corrected chi connectivity index (χ2v) is 7.82. The number of aliphatic hydroxyl groups is 1. The maximum Gasteiger partial charge on any atom is 0.251 e. The molecule has 0 unspecified atom stereocenters. The summed E-state index contributed by atoms with van der Waals surface area (Å²) >= 11 is 0. The van der Waals surface area contributed by atoms with Crippen LogP contribution in [0.4, 0.5) is 0 Å². The van der Waals surface area contributed by atoms with Crippen LogP contribution in [0.5, 0.6) is 0 Å². The first-order valence-corrected chi connectivity index (χ1v) is 9.57. The van der Waals surface area contributed by atoms with E-state index >= 15 is 0 Å². The minimum Gasteiger partial charge on any atom is -0.387 e. The smallest absolute Gasteiger partial charge is 0.251 e. The molecule has 3 N–H and O–H groups in total. The lowest BCUT2D eigenvalue weighted by Crippen LogP contribution is -2.29. The van der Waals surface area contributed by atoms with Gasteiger partial charge in [0.2, 0.25) is 10.0 Å². The van der Waals surface area contributed by atoms with Crippen molar-refractivity contribution < 1.29 is 18.3 Å². The summed E-state index contributed by atoms with van der Waals surface area (Å²) in [5.41, 5.74) is 1.06. The fraction of sp³-hybridized carbons (Fsp3) is 0.278. The van der Waals surface area contributed by atoms with Crippen LogP contribution in [0, 0.1) is 0 Å². The third-order valence-electron chi connectivity index (χ3n) is 3.99. The normalized spacial score (nSPS) is 15.6. The molecule has 132 valence electrons. The zero-order valence-electron chi connectivity index (χ0n) is 13.6. The molecule has 0 aromatic heterocycles. The molecule has 2 aromatic carbocycles. The number of rotatable bonds is 7. The topological polar surface area (TPSA) is 95.5 Å². The summed E-state index contributed by atoms with van der Waals surface area (Å²) < 4.78 is 27.0. The average molecular weight is 360 g/mol. The van der Waals surface area contributed by atoms with Crippen molar-refractivity contribution in [1.82, 2.24) is 10.0 Å². The Hall–Kier alpha value is -2.22. The lowest BCUT2D eigenvalue weighted by atomic mass is 10.1. The van der Waals surface area contributed by atoms with Gasteiger partial charge in [0.25, 0.3) is 5.91 Å². The van der Waals surface area contributed by atoms with Crippen molar-refractivity contribution >= 4 is 15.9 Å². The van der Waals surface area contributed by atoms with E-state index in [2.05, 4.69) is 10.0 Å². The summed E-state index contributed by atoms with van der Waals surface area (Å²) in [7, 11) is -3.76. The molecule has 0 radical (unpaired) electrons. The predicted octanol–water partition coefficient (Wildman–Crippen LogP) is 1.59. The summed E-state index contributed by atoms with van der Waals surface area (Å²) in [5, 5.41) is 12.9. The molecule has 1 amide bonds. The van der Waals surface area contributed by atoms with E-state index < -0.39 is 16.1 Å². The van der Waals surface area contributed by atoms with E-state index in [1.165, 1.54) is 24.3 Å². The van der Waals surface area contributed by atoms with Crippen LogP contribution >= 0.6 is 0 Å². The fourth-order valence-corrected chi connectivity index (χ4v) is 3.39. The van der Waals surface area contributed by atoms with E-state index in [1.807, 2.05) is 6.07 Å². The van der Waals surface area contributed by atoms with Crippen molar-refractivity contribution in [2.24, 2.45) is 0 Å². The van der Waals surface area contributed by atoms with E-state index in [1.54, 1.807) is 24.3 Å². The fourth-order valence-electron chi connectivity index (χ4n) is 2.35. The Bertz CT molecular complexity index is 831. The van der Waals surface area contributed by atoms with Crippen LogP contribution < -0.4 is 10.0 Å². The zero-order valence-corrected chi connectivity index (χ0v) is 14.4. The maximum absolute atomic E-state index is 12.3. The number of carbonyl (C=O) groups excluding carboxylic acids is 1. The van der Waals surface area contributed by atoms with Crippen LogP contribution in [0.2, 0.25) is 0 Å². The second kappa shape index (κ2) is 7.35. The molecule has 1 atom stereocenters. The van der Waals surface area contributed by atoms with Gasteiger partial charge in [-0.05, 0) is 42.7 Å². The van der Waals surface area contributed by atoms with E-state index in [4.69, 9.17) is 0 Å². The number of sulfonamides is 1. The lowest BCUT2D eigenvalue weighted by Gasteiger charge is -2.13. The van der Waals surface area contributed by atoms with Crippen LogP contribution in [0.1, 0.15) is 34.9 Å². The van der Waals surface area contributed by atoms with Gasteiger partial charge in [-0.25, -0.2) is 13.1 Å². The Morgan fingerprint density at radius 2 is 1.72 bits per heavy atom. The number of carbonyl (C=O) groups is 1. The summed E-state index contributed by atoms with van der Waals surface area (Å²) in [6.45, 7) is -0.129. The molecule has 1 fully saturated rings. The molecule has 0 aliphatic heterocycles. The second-order valence-electron chi connectivity index (χ2n) is 6.05. The van der Waals surface area contributed by atoms with Gasteiger partial charge in [0.05, 0.1) is 11.0 Å². The number of amides is 1. The highest BCUT2D eigenvalue weighted by Gasteiger charge is 2.24. The molecule has 1 saturated carbocycles. The summed E-state index contributed by atoms with van der Waals surface area (Å²) in [4.78, 5) is 12.0. The summed E-state index contributed by atoms with van der Waals surface area (Å²) in [5.74, 6) is -0.195. The van der Waals surface area contributed by atoms with Crippen molar-refractivity contribution in [3.05, 3.63) is 65.7 Å². The molecule has 7 heteroatoms. The van der Waals surface area contributed by atoms with Crippen molar-refractivity contribution in [2.45, 2.75) is 29.9 Å². The maximum atomic E-state index is 12.3. The highest BCUT2D eigenvalue weighted by atomic mass is 32.2. The van der Waals surface area contributed by atoms with Crippen LogP contribution in [-0.2, 0) is 10.0 Å². The molecule has 25 heavy (non-hydrogen) atoms. The first-order valence-electron chi connectivity index (χ1n) is 8.09. The highest BCUT2D eigenvalue weighted by Crippen LogP contribution is 2.20. The van der Waals surface area contributed by atoms with Crippen LogP contribution in [0.15, 0.2) is 59.5 Å². The third-order valence-corrected chi connectivity index (χ3v) is 5.43. The molecular weight excluding hydrogens is 340 g/mol. The molecule has 3 rings (SSSR count). The van der Waals surface area contributed by atoms with E-state index in [0.717, 1.165) is 12.8 Å². The number of nitrogens with one attached hydrogen (secondary N) is 2. The van der Waals surface area contributed by atoms with Gasteiger partial charge < -0.3 is 10.4 Å². The van der Waals surface area contributed by atoms with Gasteiger partial charge in [-0.2, -0.15) is 0 Å². The number of aliphatic hydroxyl groups excluding tert-OH is 1. The largest absolute Gasteiger partial charge is 0.387 e. The summed E-state index contributed by atoms with van der Waals surface area (Å²) in [6, 6.07) is 14.8. The number of hydrogen-bond acceptors (Lipinski definition) is 4. The molecule has 1 aliphatic carbocycles. The zero-order chi connectivity index (χ0) is 17.9. The molecule has 0 heterocycles. The number of hydrogen-bond donors (Lipinski definition) is 3. The van der Waals surface area contributed by atoms with Gasteiger partial charge in [-0.1, -0.05) is 30.3 Å². The van der Waals surface area contributed by atoms with Crippen LogP contribution in [-0.4, -0.2) is 32.0 Å². The standard InChI is InChI=1S/C18H20N2O4S/c21-17(13-4-2-1-3-5-13)12-19-25(23,24)16-10-6-14(7-11-16)18(22)20-15-8-9-15/h1-7,10-11,15,17,19,21H,8-9,12H2,(H,20,22)/t17-/m0/s1. The van der Waals surface area contributed by atoms with Crippen LogP contribution in [0.25, 0.3) is 0 Å². The molecule has 0 saturated heterocycles. The van der Waals surface area contributed by atoms with Crippen molar-refractivity contribution in [2.75, 3.05) is 6.54 Å². The molecule has 0 spiro atoms. The molecule has 0 bridgehead atoms. The molecular formula is C18H20N2O4S. The Morgan fingerprint density at radius 1 is 1.08 bits per heavy atom. The quantitative estimate of drug-likeness (QED) is 0.699. The van der Waals surface area contributed by atoms with E-state index in [-0.39, 0.29) is 23.4 Å². The van der Waals surface area contributed by atoms with Gasteiger partial charge >= 0.3 is 0 Å². The Morgan fingerprint density at radius 3 is 2.32 bits per heavy atom. The Kier molecular flexibility index (Phi) is 5.17. The first-order chi connectivity index (χ1) is 12.0. The lowest BCUT2D eigenvalue weighted by molar-refractivity contribution is 0.0951. The Balaban J connectivity index is 1.62. The summed E-state index contributed by atoms with van der Waals surface area (Å²) in [6.07, 6.45) is 1.05. The third kappa shape index (κ3) is 4.66. The minimum absolute atomic E-state index is 0.0516. The van der Waals surface area contributed by atoms with Crippen molar-refractivity contribution in [1.29, 1.82) is 0 Å². The van der Waals surface area contributed by atoms with Gasteiger partial charge in [-0.15, -0.1) is 0 Å². The van der Waals surface area contributed by atoms with Gasteiger partial charge in [-0.3, -0.25) is 4.79 Å². The van der Waals surface area contributed by atoms with Gasteiger partial charge in [0.15, 0.2) is 0 Å². The van der Waals surface area contributed by atoms with Crippen LogP contribution in [0.3, 0.4) is 0 Å². The van der Waals surface area contributed by atoms with E-state index in [9.17, 15) is 18.3 Å². The predicted molar refractivity (Wildman–Crippen MR) is 93.5 cm³/mol. The molecule has 2 aromatic rings. The van der Waals surface area contributed by atoms with Gasteiger partial charge in [0, 0.05) is 18.2 Å². The highest BCUT2D eigenvalue weighted by molar-refractivity contribution is 7.89. The first kappa shape index (κ1) is 17.6. The molecule has 6 nitrogen and oxygen atoms in total. The van der Waals surface area contributed by atoms with Crippen molar-refractivity contribution in [3.8, 4) is 0 Å². The SMILES string of the molecule is O=C(NC1CC1)c1ccc(S(=O)(=O)NC[C@H](O)c2ccccc2)cc1. The van der Waals surface area contributed by atoms with Crippen molar-refractivity contribution in [3.63, 3.8) is 0 Å². The average Bonchev–Trinajstić information content (AvgIpc) is 3.44. The monoisotopic (exact) mass is 360 g/mol. The van der Waals surface area contributed by atoms with E-state index in [0.29, 0.717) is 11.1 Å². The van der Waals surface area contributed by atoms with Gasteiger partial charge in [0.1, 0.15) is 0 Å². The number of benzene rings is 2. The Labute approximate surface area is 146 Å². The molecule has 1 aliphatic rings. The minimum atomic E-state index is -3.76.